The summed E-state index contributed by atoms with van der Waals surface area (Å²) in [7, 11) is 1.50. The van der Waals surface area contributed by atoms with Gasteiger partial charge in [0.25, 0.3) is 0 Å². The summed E-state index contributed by atoms with van der Waals surface area (Å²) in [4.78, 5) is 33.8. The first-order valence-corrected chi connectivity index (χ1v) is 15.6. The van der Waals surface area contributed by atoms with Crippen molar-refractivity contribution in [2.75, 3.05) is 64.3 Å². The van der Waals surface area contributed by atoms with Crippen molar-refractivity contribution in [1.29, 1.82) is 0 Å². The van der Waals surface area contributed by atoms with Crippen molar-refractivity contribution in [3.05, 3.63) is 64.0 Å². The molecule has 0 radical (unpaired) electrons. The van der Waals surface area contributed by atoms with Gasteiger partial charge in [0.1, 0.15) is 5.82 Å². The van der Waals surface area contributed by atoms with Gasteiger partial charge in [0, 0.05) is 84.0 Å². The number of amides is 2. The Balaban J connectivity index is 1.46. The van der Waals surface area contributed by atoms with Crippen LogP contribution in [0.3, 0.4) is 0 Å². The third kappa shape index (κ3) is 6.94. The monoisotopic (exact) mass is 671 g/mol. The molecule has 47 heavy (non-hydrogen) atoms. The van der Waals surface area contributed by atoms with E-state index in [2.05, 4.69) is 15.1 Å². The molecule has 2 aromatic carbocycles. The SMILES string of the molecule is CC(=O)N1CCN2CCN(c3cc(F)cc(C)c3C3CNCC3N(C)C(=O)C(C)(C)c3cc(C(F)(F)F)cc(C(F)(F)F)c3)CC2C1. The molecule has 3 fully saturated rings. The zero-order chi connectivity index (χ0) is 34.6. The number of piperazine rings is 2. The van der Waals surface area contributed by atoms with Crippen molar-refractivity contribution in [1.82, 2.24) is 20.0 Å². The van der Waals surface area contributed by atoms with Gasteiger partial charge < -0.3 is 20.0 Å². The van der Waals surface area contributed by atoms with Gasteiger partial charge in [-0.05, 0) is 67.8 Å². The maximum absolute atomic E-state index is 15.0. The molecular formula is C33H40F7N5O2. The molecule has 3 saturated heterocycles. The lowest BCUT2D eigenvalue weighted by Gasteiger charge is -2.48. The topological polar surface area (TPSA) is 59.1 Å². The second-order valence-electron chi connectivity index (χ2n) is 13.4. The molecule has 0 aliphatic carbocycles. The molecular weight excluding hydrogens is 631 g/mol. The van der Waals surface area contributed by atoms with E-state index in [-0.39, 0.29) is 23.9 Å². The van der Waals surface area contributed by atoms with Gasteiger partial charge in [-0.15, -0.1) is 0 Å². The van der Waals surface area contributed by atoms with Crippen molar-refractivity contribution in [3.8, 4) is 0 Å². The average Bonchev–Trinajstić information content (AvgIpc) is 3.47. The number of nitrogens with one attached hydrogen (secondary N) is 1. The van der Waals surface area contributed by atoms with Crippen LogP contribution >= 0.6 is 0 Å². The largest absolute Gasteiger partial charge is 0.416 e. The number of nitrogens with zero attached hydrogens (tertiary/aromatic N) is 4. The van der Waals surface area contributed by atoms with Gasteiger partial charge in [-0.3, -0.25) is 14.5 Å². The van der Waals surface area contributed by atoms with Gasteiger partial charge >= 0.3 is 12.4 Å². The number of hydrogen-bond acceptors (Lipinski definition) is 5. The first kappa shape index (κ1) is 34.9. The fourth-order valence-corrected chi connectivity index (χ4v) is 7.34. The van der Waals surface area contributed by atoms with E-state index in [1.165, 1.54) is 37.9 Å². The molecule has 1 N–H and O–H groups in total. The van der Waals surface area contributed by atoms with Gasteiger partial charge in [-0.1, -0.05) is 0 Å². The third-order valence-corrected chi connectivity index (χ3v) is 10.0. The summed E-state index contributed by atoms with van der Waals surface area (Å²) in [5, 5.41) is 3.29. The number of hydrogen-bond donors (Lipinski definition) is 1. The molecule has 3 aliphatic rings. The number of aryl methyl sites for hydroxylation is 1. The van der Waals surface area contributed by atoms with E-state index < -0.39 is 52.2 Å². The van der Waals surface area contributed by atoms with Crippen molar-refractivity contribution >= 4 is 17.5 Å². The van der Waals surface area contributed by atoms with Crippen molar-refractivity contribution in [3.63, 3.8) is 0 Å². The van der Waals surface area contributed by atoms with E-state index in [4.69, 9.17) is 0 Å². The molecule has 3 atom stereocenters. The van der Waals surface area contributed by atoms with Gasteiger partial charge in [0.15, 0.2) is 0 Å². The Bertz CT molecular complexity index is 1490. The lowest BCUT2D eigenvalue weighted by molar-refractivity contribution is -0.144. The Kier molecular flexibility index (Phi) is 9.34. The number of alkyl halides is 6. The van der Waals surface area contributed by atoms with E-state index >= 15 is 0 Å². The van der Waals surface area contributed by atoms with E-state index in [9.17, 15) is 40.3 Å². The summed E-state index contributed by atoms with van der Waals surface area (Å²) in [5.74, 6) is -1.42. The minimum Gasteiger partial charge on any atom is -0.368 e. The van der Waals surface area contributed by atoms with Crippen LogP contribution in [0.5, 0.6) is 0 Å². The summed E-state index contributed by atoms with van der Waals surface area (Å²) < 4.78 is 96.9. The number of halogens is 7. The predicted octanol–water partition coefficient (Wildman–Crippen LogP) is 5.02. The number of carbonyl (C=O) groups is 2. The molecule has 14 heteroatoms. The molecule has 3 aliphatic heterocycles. The number of anilines is 1. The fourth-order valence-electron chi connectivity index (χ4n) is 7.34. The number of fused-ring (bicyclic) bond motifs is 1. The molecule has 2 aromatic rings. The maximum Gasteiger partial charge on any atom is 0.416 e. The average molecular weight is 672 g/mol. The highest BCUT2D eigenvalue weighted by molar-refractivity contribution is 5.88. The van der Waals surface area contributed by atoms with Crippen molar-refractivity contribution in [2.24, 2.45) is 0 Å². The second kappa shape index (κ2) is 12.6. The Labute approximate surface area is 269 Å². The lowest BCUT2D eigenvalue weighted by atomic mass is 9.80. The van der Waals surface area contributed by atoms with Crippen LogP contribution in [0.15, 0.2) is 30.3 Å². The molecule has 2 amide bonds. The predicted molar refractivity (Wildman–Crippen MR) is 163 cm³/mol. The highest BCUT2D eigenvalue weighted by atomic mass is 19.4. The van der Waals surface area contributed by atoms with Crippen LogP contribution in [0.2, 0.25) is 0 Å². The zero-order valence-corrected chi connectivity index (χ0v) is 27.0. The van der Waals surface area contributed by atoms with E-state index in [1.807, 2.05) is 4.90 Å². The molecule has 0 spiro atoms. The third-order valence-electron chi connectivity index (χ3n) is 10.0. The highest BCUT2D eigenvalue weighted by Gasteiger charge is 2.44. The number of carbonyl (C=O) groups excluding carboxylic acids is 2. The molecule has 3 heterocycles. The van der Waals surface area contributed by atoms with Crippen LogP contribution in [0.25, 0.3) is 0 Å². The summed E-state index contributed by atoms with van der Waals surface area (Å²) in [6.07, 6.45) is -10.1. The minimum atomic E-state index is -5.05. The highest BCUT2D eigenvalue weighted by Crippen LogP contribution is 2.42. The van der Waals surface area contributed by atoms with Crippen LogP contribution in [-0.2, 0) is 27.4 Å². The minimum absolute atomic E-state index is 0.000624. The fraction of sp³-hybridized carbons (Fsp3) is 0.576. The van der Waals surface area contributed by atoms with Crippen molar-refractivity contribution in [2.45, 2.75) is 63.5 Å². The summed E-state index contributed by atoms with van der Waals surface area (Å²) in [5.41, 5.74) is -2.95. The normalized spacial score (nSPS) is 22.8. The Hall–Kier alpha value is -3.39. The van der Waals surface area contributed by atoms with Crippen LogP contribution in [0.4, 0.5) is 36.4 Å². The van der Waals surface area contributed by atoms with Crippen molar-refractivity contribution < 1.29 is 40.3 Å². The lowest BCUT2D eigenvalue weighted by Crippen LogP contribution is -2.62. The standard InChI is InChI=1S/C33H40F7N5O2/c1-19-10-24(34)14-27(45-9-7-43-6-8-44(20(2)46)17-25(43)18-45)29(19)26-15-41-16-28(26)42(5)30(47)31(3,4)21-11-22(32(35,36)37)13-23(12-21)33(38,39)40/h10-14,25-26,28,41H,6-9,15-18H2,1-5H3. The quantitative estimate of drug-likeness (QED) is 0.453. The number of benzene rings is 2. The van der Waals surface area contributed by atoms with Crippen LogP contribution in [0, 0.1) is 12.7 Å². The Morgan fingerprint density at radius 3 is 2.04 bits per heavy atom. The molecule has 0 saturated carbocycles. The molecule has 0 bridgehead atoms. The molecule has 258 valence electrons. The first-order valence-electron chi connectivity index (χ1n) is 15.6. The molecule has 5 rings (SSSR count). The summed E-state index contributed by atoms with van der Waals surface area (Å²) >= 11 is 0. The van der Waals surface area contributed by atoms with Gasteiger partial charge in [0.2, 0.25) is 11.8 Å². The molecule has 0 aromatic heterocycles. The van der Waals surface area contributed by atoms with Crippen LogP contribution < -0.4 is 10.2 Å². The Morgan fingerprint density at radius 1 is 0.851 bits per heavy atom. The summed E-state index contributed by atoms with van der Waals surface area (Å²) in [6.45, 7) is 10.6. The summed E-state index contributed by atoms with van der Waals surface area (Å²) in [6, 6.07) is 3.68. The zero-order valence-electron chi connectivity index (χ0n) is 27.0. The Morgan fingerprint density at radius 2 is 1.45 bits per heavy atom. The number of likely N-dealkylation sites (N-methyl/N-ethyl adjacent to an activating group) is 1. The first-order chi connectivity index (χ1) is 21.8. The number of rotatable bonds is 5. The smallest absolute Gasteiger partial charge is 0.368 e. The second-order valence-corrected chi connectivity index (χ2v) is 13.4. The van der Waals surface area contributed by atoms with Gasteiger partial charge in [-0.2, -0.15) is 26.3 Å². The molecule has 7 nitrogen and oxygen atoms in total. The molecule has 3 unspecified atom stereocenters. The van der Waals surface area contributed by atoms with Gasteiger partial charge in [-0.25, -0.2) is 4.39 Å². The van der Waals surface area contributed by atoms with E-state index in [1.54, 1.807) is 13.8 Å². The van der Waals surface area contributed by atoms with Gasteiger partial charge in [0.05, 0.1) is 22.6 Å². The van der Waals surface area contributed by atoms with E-state index in [0.717, 1.165) is 18.7 Å². The van der Waals surface area contributed by atoms with Crippen LogP contribution in [0.1, 0.15) is 54.5 Å². The van der Waals surface area contributed by atoms with Crippen LogP contribution in [-0.4, -0.2) is 98.0 Å². The maximum atomic E-state index is 15.0. The van der Waals surface area contributed by atoms with E-state index in [0.29, 0.717) is 62.7 Å².